The summed E-state index contributed by atoms with van der Waals surface area (Å²) in [4.78, 5) is 24.6. The molecule has 144 valence electrons. The van der Waals surface area contributed by atoms with Crippen molar-refractivity contribution < 1.29 is 14.6 Å². The van der Waals surface area contributed by atoms with Crippen molar-refractivity contribution >= 4 is 5.91 Å². The monoisotopic (exact) mass is 378 g/mol. The van der Waals surface area contributed by atoms with Crippen molar-refractivity contribution in [2.45, 2.75) is 12.5 Å². The number of nitrogens with one attached hydrogen (secondary N) is 1. The lowest BCUT2D eigenvalue weighted by Gasteiger charge is -2.12. The van der Waals surface area contributed by atoms with Crippen molar-refractivity contribution in [3.05, 3.63) is 94.4 Å². The number of rotatable bonds is 7. The van der Waals surface area contributed by atoms with Gasteiger partial charge in [0.05, 0.1) is 18.8 Å². The van der Waals surface area contributed by atoms with Crippen LogP contribution in [0.3, 0.4) is 0 Å². The average molecular weight is 378 g/mol. The molecular formula is C22H22N2O4. The summed E-state index contributed by atoms with van der Waals surface area (Å²) in [5, 5.41) is 13.0. The van der Waals surface area contributed by atoms with E-state index in [-0.39, 0.29) is 11.5 Å². The number of nitrogens with zero attached hydrogens (tertiary/aromatic N) is 1. The van der Waals surface area contributed by atoms with Crippen LogP contribution in [-0.2, 0) is 0 Å². The van der Waals surface area contributed by atoms with Crippen molar-refractivity contribution in [1.29, 1.82) is 0 Å². The van der Waals surface area contributed by atoms with E-state index in [2.05, 4.69) is 5.32 Å². The Morgan fingerprint density at radius 2 is 1.79 bits per heavy atom. The minimum atomic E-state index is -0.644. The Morgan fingerprint density at radius 1 is 1.07 bits per heavy atom. The van der Waals surface area contributed by atoms with E-state index in [1.54, 1.807) is 31.4 Å². The van der Waals surface area contributed by atoms with Crippen molar-refractivity contribution in [1.82, 2.24) is 9.88 Å². The Hall–Kier alpha value is -3.38. The van der Waals surface area contributed by atoms with Crippen LogP contribution >= 0.6 is 0 Å². The Kier molecular flexibility index (Phi) is 6.24. The quantitative estimate of drug-likeness (QED) is 0.662. The SMILES string of the molecule is COc1ccc(-n2cc(C(=O)NCCC(O)c3ccccc3)ccc2=O)cc1. The molecule has 1 aromatic heterocycles. The van der Waals surface area contributed by atoms with Gasteiger partial charge >= 0.3 is 0 Å². The summed E-state index contributed by atoms with van der Waals surface area (Å²) < 4.78 is 6.53. The summed E-state index contributed by atoms with van der Waals surface area (Å²) in [6.07, 6.45) is 1.26. The molecule has 1 amide bonds. The van der Waals surface area contributed by atoms with E-state index < -0.39 is 6.10 Å². The van der Waals surface area contributed by atoms with Gasteiger partial charge in [0.1, 0.15) is 5.75 Å². The number of hydrogen-bond donors (Lipinski definition) is 2. The Bertz CT molecular complexity index is 981. The lowest BCUT2D eigenvalue weighted by Crippen LogP contribution is -2.27. The fraction of sp³-hybridized carbons (Fsp3) is 0.182. The lowest BCUT2D eigenvalue weighted by atomic mass is 10.1. The zero-order valence-corrected chi connectivity index (χ0v) is 15.5. The second-order valence-corrected chi connectivity index (χ2v) is 6.30. The maximum Gasteiger partial charge on any atom is 0.255 e. The molecule has 28 heavy (non-hydrogen) atoms. The summed E-state index contributed by atoms with van der Waals surface area (Å²) >= 11 is 0. The zero-order chi connectivity index (χ0) is 19.9. The molecule has 3 rings (SSSR count). The summed E-state index contributed by atoms with van der Waals surface area (Å²) in [6.45, 7) is 0.316. The largest absolute Gasteiger partial charge is 0.497 e. The molecule has 1 unspecified atom stereocenters. The van der Waals surface area contributed by atoms with Crippen LogP contribution in [0, 0.1) is 0 Å². The molecule has 0 saturated carbocycles. The van der Waals surface area contributed by atoms with E-state index in [9.17, 15) is 14.7 Å². The van der Waals surface area contributed by atoms with E-state index in [1.165, 1.54) is 22.9 Å². The smallest absolute Gasteiger partial charge is 0.255 e. The zero-order valence-electron chi connectivity index (χ0n) is 15.5. The molecule has 0 spiro atoms. The number of hydrogen-bond acceptors (Lipinski definition) is 4. The topological polar surface area (TPSA) is 80.6 Å². The molecule has 0 radical (unpaired) electrons. The highest BCUT2D eigenvalue weighted by molar-refractivity contribution is 5.93. The van der Waals surface area contributed by atoms with E-state index >= 15 is 0 Å². The molecule has 6 nitrogen and oxygen atoms in total. The first-order chi connectivity index (χ1) is 13.6. The van der Waals surface area contributed by atoms with Gasteiger partial charge in [-0.3, -0.25) is 14.2 Å². The van der Waals surface area contributed by atoms with Gasteiger partial charge in [-0.15, -0.1) is 0 Å². The molecule has 2 aromatic carbocycles. The summed E-state index contributed by atoms with van der Waals surface area (Å²) in [7, 11) is 1.57. The number of methoxy groups -OCH3 is 1. The van der Waals surface area contributed by atoms with Gasteiger partial charge in [0.15, 0.2) is 0 Å². The minimum Gasteiger partial charge on any atom is -0.497 e. The molecule has 0 fully saturated rings. The third kappa shape index (κ3) is 4.66. The first-order valence-corrected chi connectivity index (χ1v) is 8.97. The first-order valence-electron chi connectivity index (χ1n) is 8.97. The highest BCUT2D eigenvalue weighted by atomic mass is 16.5. The van der Waals surface area contributed by atoms with Crippen LogP contribution in [0.4, 0.5) is 0 Å². The molecule has 0 aliphatic carbocycles. The highest BCUT2D eigenvalue weighted by Crippen LogP contribution is 2.16. The van der Waals surface area contributed by atoms with E-state index in [4.69, 9.17) is 4.74 Å². The highest BCUT2D eigenvalue weighted by Gasteiger charge is 2.11. The molecular weight excluding hydrogens is 356 g/mol. The Morgan fingerprint density at radius 3 is 2.46 bits per heavy atom. The van der Waals surface area contributed by atoms with Crippen LogP contribution in [0.1, 0.15) is 28.4 Å². The maximum absolute atomic E-state index is 12.4. The number of aromatic nitrogens is 1. The first kappa shape index (κ1) is 19.4. The van der Waals surface area contributed by atoms with Gasteiger partial charge in [0.2, 0.25) is 0 Å². The Labute approximate surface area is 163 Å². The average Bonchev–Trinajstić information content (AvgIpc) is 2.74. The number of aliphatic hydroxyl groups is 1. The summed E-state index contributed by atoms with van der Waals surface area (Å²) in [5.74, 6) is 0.380. The molecule has 1 heterocycles. The summed E-state index contributed by atoms with van der Waals surface area (Å²) in [5.41, 5.74) is 1.58. The minimum absolute atomic E-state index is 0.235. The third-order valence-electron chi connectivity index (χ3n) is 4.41. The third-order valence-corrected chi connectivity index (χ3v) is 4.41. The molecule has 1 atom stereocenters. The van der Waals surface area contributed by atoms with Crippen LogP contribution in [0.2, 0.25) is 0 Å². The van der Waals surface area contributed by atoms with E-state index in [0.717, 1.165) is 5.56 Å². The van der Waals surface area contributed by atoms with Crippen LogP contribution in [0.25, 0.3) is 5.69 Å². The molecule has 0 aliphatic rings. The second kappa shape index (κ2) is 9.01. The van der Waals surface area contributed by atoms with Crippen molar-refractivity contribution in [2.75, 3.05) is 13.7 Å². The van der Waals surface area contributed by atoms with E-state index in [1.807, 2.05) is 30.3 Å². The summed E-state index contributed by atoms with van der Waals surface area (Å²) in [6, 6.07) is 19.1. The van der Waals surface area contributed by atoms with E-state index in [0.29, 0.717) is 30.0 Å². The van der Waals surface area contributed by atoms with Crippen molar-refractivity contribution in [3.8, 4) is 11.4 Å². The van der Waals surface area contributed by atoms with Gasteiger partial charge in [-0.05, 0) is 42.3 Å². The van der Waals surface area contributed by atoms with Crippen molar-refractivity contribution in [2.24, 2.45) is 0 Å². The van der Waals surface area contributed by atoms with Crippen LogP contribution in [0.15, 0.2) is 77.7 Å². The van der Waals surface area contributed by atoms with Crippen LogP contribution in [-0.4, -0.2) is 29.2 Å². The number of benzene rings is 2. The van der Waals surface area contributed by atoms with Gasteiger partial charge < -0.3 is 15.2 Å². The number of carbonyl (C=O) groups is 1. The number of ether oxygens (including phenoxy) is 1. The normalized spacial score (nSPS) is 11.6. The van der Waals surface area contributed by atoms with Gasteiger partial charge in [-0.2, -0.15) is 0 Å². The number of aliphatic hydroxyl groups excluding tert-OH is 1. The van der Waals surface area contributed by atoms with Gasteiger partial charge in [-0.25, -0.2) is 0 Å². The molecule has 2 N–H and O–H groups in total. The van der Waals surface area contributed by atoms with Gasteiger partial charge in [-0.1, -0.05) is 30.3 Å². The lowest BCUT2D eigenvalue weighted by molar-refractivity contribution is 0.0942. The van der Waals surface area contributed by atoms with Gasteiger partial charge in [0.25, 0.3) is 11.5 Å². The molecule has 6 heteroatoms. The molecule has 0 saturated heterocycles. The number of pyridine rings is 1. The molecule has 3 aromatic rings. The standard InChI is InChI=1S/C22H22N2O4/c1-28-19-10-8-18(9-11-19)24-15-17(7-12-21(24)26)22(27)23-14-13-20(25)16-5-3-2-4-6-16/h2-12,15,20,25H,13-14H2,1H3,(H,23,27). The maximum atomic E-state index is 12.4. The molecule has 0 aliphatic heterocycles. The van der Waals surface area contributed by atoms with Gasteiger partial charge in [0, 0.05) is 24.5 Å². The fourth-order valence-electron chi connectivity index (χ4n) is 2.83. The number of carbonyl (C=O) groups excluding carboxylic acids is 1. The fourth-order valence-corrected chi connectivity index (χ4v) is 2.83. The predicted molar refractivity (Wildman–Crippen MR) is 107 cm³/mol. The van der Waals surface area contributed by atoms with Crippen LogP contribution < -0.4 is 15.6 Å². The van der Waals surface area contributed by atoms with Crippen LogP contribution in [0.5, 0.6) is 5.75 Å². The second-order valence-electron chi connectivity index (χ2n) is 6.30. The number of amides is 1. The predicted octanol–water partition coefficient (Wildman–Crippen LogP) is 2.70. The van der Waals surface area contributed by atoms with Crippen molar-refractivity contribution in [3.63, 3.8) is 0 Å². The molecule has 0 bridgehead atoms. The Balaban J connectivity index is 1.66.